The van der Waals surface area contributed by atoms with Gasteiger partial charge in [-0.2, -0.15) is 0 Å². The number of halogens is 2. The van der Waals surface area contributed by atoms with Gasteiger partial charge in [0.2, 0.25) is 5.91 Å². The summed E-state index contributed by atoms with van der Waals surface area (Å²) in [6.07, 6.45) is 3.24. The monoisotopic (exact) mass is 351 g/mol. The molecule has 2 aromatic rings. The Bertz CT molecular complexity index is 721. The third-order valence-corrected chi connectivity index (χ3v) is 4.70. The van der Waals surface area contributed by atoms with Gasteiger partial charge in [0.25, 0.3) is 0 Å². The second-order valence-electron chi connectivity index (χ2n) is 5.37. The molecule has 1 aromatic carbocycles. The summed E-state index contributed by atoms with van der Waals surface area (Å²) in [6.45, 7) is 1.29. The summed E-state index contributed by atoms with van der Waals surface area (Å²) in [6, 6.07) is 5.91. The van der Waals surface area contributed by atoms with Gasteiger partial charge in [-0.1, -0.05) is 23.2 Å². The SMILES string of the molecule is O=C(N[C@@H](c1ccncc1)c1c(O)ccc(Cl)c1Cl)C1CNC1. The molecule has 0 spiro atoms. The highest BCUT2D eigenvalue weighted by atomic mass is 35.5. The second kappa shape index (κ2) is 6.74. The van der Waals surface area contributed by atoms with Gasteiger partial charge in [0.15, 0.2) is 0 Å². The summed E-state index contributed by atoms with van der Waals surface area (Å²) < 4.78 is 0. The standard InChI is InChI=1S/C16H15Cl2N3O2/c17-11-1-2-12(22)13(14(11)18)15(9-3-5-19-6-4-9)21-16(23)10-7-20-8-10/h1-6,10,15,20,22H,7-8H2,(H,21,23)/t15-/m0/s1. The topological polar surface area (TPSA) is 74.2 Å². The average molecular weight is 352 g/mol. The zero-order valence-electron chi connectivity index (χ0n) is 12.1. The van der Waals surface area contributed by atoms with Crippen LogP contribution in [0.5, 0.6) is 5.75 Å². The Morgan fingerprint density at radius 1 is 1.26 bits per heavy atom. The van der Waals surface area contributed by atoms with Crippen LogP contribution in [0.3, 0.4) is 0 Å². The zero-order valence-corrected chi connectivity index (χ0v) is 13.6. The van der Waals surface area contributed by atoms with Gasteiger partial charge in [0.05, 0.1) is 22.0 Å². The van der Waals surface area contributed by atoms with Crippen molar-refractivity contribution in [3.8, 4) is 5.75 Å². The van der Waals surface area contributed by atoms with Gasteiger partial charge in [-0.05, 0) is 29.8 Å². The molecule has 0 radical (unpaired) electrons. The third kappa shape index (κ3) is 3.27. The molecule has 3 N–H and O–H groups in total. The van der Waals surface area contributed by atoms with E-state index in [9.17, 15) is 9.90 Å². The zero-order chi connectivity index (χ0) is 16.4. The summed E-state index contributed by atoms with van der Waals surface area (Å²) >= 11 is 12.4. The van der Waals surface area contributed by atoms with Gasteiger partial charge in [-0.25, -0.2) is 0 Å². The van der Waals surface area contributed by atoms with Crippen molar-refractivity contribution < 1.29 is 9.90 Å². The number of aromatic nitrogens is 1. The van der Waals surface area contributed by atoms with Crippen molar-refractivity contribution in [2.24, 2.45) is 5.92 Å². The van der Waals surface area contributed by atoms with E-state index in [1.165, 1.54) is 12.1 Å². The summed E-state index contributed by atoms with van der Waals surface area (Å²) in [7, 11) is 0. The third-order valence-electron chi connectivity index (χ3n) is 3.88. The van der Waals surface area contributed by atoms with Crippen molar-refractivity contribution in [2.45, 2.75) is 6.04 Å². The van der Waals surface area contributed by atoms with E-state index in [4.69, 9.17) is 23.2 Å². The number of rotatable bonds is 4. The van der Waals surface area contributed by atoms with Crippen LogP contribution < -0.4 is 10.6 Å². The molecule has 2 heterocycles. The smallest absolute Gasteiger partial charge is 0.226 e. The van der Waals surface area contributed by atoms with Crippen LogP contribution in [-0.2, 0) is 4.79 Å². The van der Waals surface area contributed by atoms with Crippen molar-refractivity contribution in [1.82, 2.24) is 15.6 Å². The molecule has 1 saturated heterocycles. The summed E-state index contributed by atoms with van der Waals surface area (Å²) in [5, 5.41) is 16.8. The number of carbonyl (C=O) groups is 1. The minimum Gasteiger partial charge on any atom is -0.508 e. The van der Waals surface area contributed by atoms with E-state index < -0.39 is 6.04 Å². The molecule has 1 aliphatic heterocycles. The number of nitrogens with one attached hydrogen (secondary N) is 2. The maximum absolute atomic E-state index is 12.4. The maximum Gasteiger partial charge on any atom is 0.226 e. The molecule has 7 heteroatoms. The number of hydrogen-bond donors (Lipinski definition) is 3. The first kappa shape index (κ1) is 16.1. The van der Waals surface area contributed by atoms with Crippen molar-refractivity contribution in [3.05, 3.63) is 57.8 Å². The van der Waals surface area contributed by atoms with E-state index in [0.717, 1.165) is 5.56 Å². The Hall–Kier alpha value is -1.82. The number of phenolic OH excluding ortho intramolecular Hbond substituents is 1. The summed E-state index contributed by atoms with van der Waals surface area (Å²) in [4.78, 5) is 16.3. The molecule has 0 aliphatic carbocycles. The van der Waals surface area contributed by atoms with Crippen LogP contribution in [0.4, 0.5) is 0 Å². The molecule has 0 bridgehead atoms. The first-order chi connectivity index (χ1) is 11.1. The number of hydrogen-bond acceptors (Lipinski definition) is 4. The number of pyridine rings is 1. The van der Waals surface area contributed by atoms with E-state index in [1.54, 1.807) is 24.5 Å². The number of nitrogens with zero attached hydrogens (tertiary/aromatic N) is 1. The van der Waals surface area contributed by atoms with E-state index >= 15 is 0 Å². The molecule has 1 atom stereocenters. The molecule has 0 saturated carbocycles. The second-order valence-corrected chi connectivity index (χ2v) is 6.16. The van der Waals surface area contributed by atoms with Crippen LogP contribution in [0.25, 0.3) is 0 Å². The van der Waals surface area contributed by atoms with Crippen LogP contribution in [0.2, 0.25) is 10.0 Å². The molecular weight excluding hydrogens is 337 g/mol. The normalized spacial score (nSPS) is 15.7. The van der Waals surface area contributed by atoms with Crippen molar-refractivity contribution in [2.75, 3.05) is 13.1 Å². The van der Waals surface area contributed by atoms with Gasteiger partial charge in [0, 0.05) is 31.0 Å². The van der Waals surface area contributed by atoms with Crippen molar-refractivity contribution in [3.63, 3.8) is 0 Å². The molecule has 3 rings (SSSR count). The van der Waals surface area contributed by atoms with Gasteiger partial charge in [-0.15, -0.1) is 0 Å². The number of carbonyl (C=O) groups excluding carboxylic acids is 1. The maximum atomic E-state index is 12.4. The number of aromatic hydroxyl groups is 1. The van der Waals surface area contributed by atoms with Crippen molar-refractivity contribution >= 4 is 29.1 Å². The lowest BCUT2D eigenvalue weighted by atomic mass is 9.96. The minimum absolute atomic E-state index is 0.0201. The predicted octanol–water partition coefficient (Wildman–Crippen LogP) is 2.52. The average Bonchev–Trinajstić information content (AvgIpc) is 2.49. The van der Waals surface area contributed by atoms with E-state index in [0.29, 0.717) is 23.7 Å². The van der Waals surface area contributed by atoms with Crippen LogP contribution in [0.15, 0.2) is 36.7 Å². The fraction of sp³-hybridized carbons (Fsp3) is 0.250. The van der Waals surface area contributed by atoms with Crippen molar-refractivity contribution in [1.29, 1.82) is 0 Å². The molecular formula is C16H15Cl2N3O2. The largest absolute Gasteiger partial charge is 0.508 e. The molecule has 120 valence electrons. The lowest BCUT2D eigenvalue weighted by Gasteiger charge is -2.29. The van der Waals surface area contributed by atoms with Crippen LogP contribution in [0, 0.1) is 5.92 Å². The fourth-order valence-electron chi connectivity index (χ4n) is 2.44. The molecule has 0 unspecified atom stereocenters. The quantitative estimate of drug-likeness (QED) is 0.791. The van der Waals surface area contributed by atoms with Crippen LogP contribution in [-0.4, -0.2) is 29.1 Å². The number of amides is 1. The van der Waals surface area contributed by atoms with E-state index in [1.807, 2.05) is 0 Å². The van der Waals surface area contributed by atoms with Crippen LogP contribution >= 0.6 is 23.2 Å². The highest BCUT2D eigenvalue weighted by Gasteiger charge is 2.30. The van der Waals surface area contributed by atoms with Gasteiger partial charge < -0.3 is 15.7 Å². The molecule has 1 aromatic heterocycles. The van der Waals surface area contributed by atoms with E-state index in [-0.39, 0.29) is 22.6 Å². The molecule has 5 nitrogen and oxygen atoms in total. The first-order valence-corrected chi connectivity index (χ1v) is 7.91. The Morgan fingerprint density at radius 3 is 2.57 bits per heavy atom. The first-order valence-electron chi connectivity index (χ1n) is 7.16. The van der Waals surface area contributed by atoms with Gasteiger partial charge >= 0.3 is 0 Å². The van der Waals surface area contributed by atoms with Gasteiger partial charge in [0.1, 0.15) is 5.75 Å². The Labute approximate surface area is 143 Å². The molecule has 1 amide bonds. The summed E-state index contributed by atoms with van der Waals surface area (Å²) in [5.41, 5.74) is 1.14. The number of benzene rings is 1. The molecule has 23 heavy (non-hydrogen) atoms. The Kier molecular flexibility index (Phi) is 4.71. The minimum atomic E-state index is -0.600. The highest BCUT2D eigenvalue weighted by molar-refractivity contribution is 6.42. The number of phenols is 1. The van der Waals surface area contributed by atoms with Crippen LogP contribution in [0.1, 0.15) is 17.2 Å². The lowest BCUT2D eigenvalue weighted by Crippen LogP contribution is -2.51. The Balaban J connectivity index is 2.02. The highest BCUT2D eigenvalue weighted by Crippen LogP contribution is 2.39. The summed E-state index contributed by atoms with van der Waals surface area (Å²) in [5.74, 6) is -0.200. The molecule has 1 fully saturated rings. The Morgan fingerprint density at radius 2 is 1.96 bits per heavy atom. The molecule has 1 aliphatic rings. The lowest BCUT2D eigenvalue weighted by molar-refractivity contribution is -0.126. The predicted molar refractivity (Wildman–Crippen MR) is 88.7 cm³/mol. The van der Waals surface area contributed by atoms with Gasteiger partial charge in [-0.3, -0.25) is 9.78 Å². The van der Waals surface area contributed by atoms with E-state index in [2.05, 4.69) is 15.6 Å². The fourth-order valence-corrected chi connectivity index (χ4v) is 2.88.